The van der Waals surface area contributed by atoms with Crippen molar-refractivity contribution in [2.75, 3.05) is 43.0 Å². The van der Waals surface area contributed by atoms with Crippen molar-refractivity contribution in [2.24, 2.45) is 0 Å². The lowest BCUT2D eigenvalue weighted by molar-refractivity contribution is 0.273. The molecule has 1 aromatic rings. The standard InChI is InChI=1S/C12H17Br2N3/c1-10-11(14)2-3-12(15-10)17-8-6-16(5-4-13)7-9-17/h2-3H,4-9H2,1H3. The van der Waals surface area contributed by atoms with E-state index in [9.17, 15) is 0 Å². The lowest BCUT2D eigenvalue weighted by Crippen LogP contribution is -2.47. The molecule has 0 atom stereocenters. The summed E-state index contributed by atoms with van der Waals surface area (Å²) in [6.45, 7) is 7.57. The largest absolute Gasteiger partial charge is 0.354 e. The number of halogens is 2. The molecule has 1 aromatic heterocycles. The molecule has 3 nitrogen and oxygen atoms in total. The van der Waals surface area contributed by atoms with Gasteiger partial charge in [0.25, 0.3) is 0 Å². The molecule has 0 spiro atoms. The summed E-state index contributed by atoms with van der Waals surface area (Å²) in [5.74, 6) is 1.10. The molecule has 2 heterocycles. The van der Waals surface area contributed by atoms with Crippen LogP contribution < -0.4 is 4.90 Å². The second kappa shape index (κ2) is 6.16. The van der Waals surface area contributed by atoms with Gasteiger partial charge in [0.05, 0.1) is 5.69 Å². The Hall–Kier alpha value is -0.130. The fourth-order valence-corrected chi connectivity index (χ4v) is 2.75. The third-order valence-corrected chi connectivity index (χ3v) is 4.30. The van der Waals surface area contributed by atoms with E-state index in [2.05, 4.69) is 58.8 Å². The topological polar surface area (TPSA) is 19.4 Å². The van der Waals surface area contributed by atoms with E-state index in [1.165, 1.54) is 0 Å². The van der Waals surface area contributed by atoms with Crippen molar-refractivity contribution in [1.29, 1.82) is 0 Å². The molecule has 0 unspecified atom stereocenters. The van der Waals surface area contributed by atoms with Crippen LogP contribution in [0.3, 0.4) is 0 Å². The number of hydrogen-bond donors (Lipinski definition) is 0. The maximum absolute atomic E-state index is 4.62. The first-order valence-electron chi connectivity index (χ1n) is 5.87. The van der Waals surface area contributed by atoms with Gasteiger partial charge in [-0.15, -0.1) is 0 Å². The van der Waals surface area contributed by atoms with E-state index in [1.807, 2.05) is 6.92 Å². The van der Waals surface area contributed by atoms with Gasteiger partial charge in [-0.1, -0.05) is 15.9 Å². The highest BCUT2D eigenvalue weighted by Crippen LogP contribution is 2.20. The molecule has 0 aromatic carbocycles. The van der Waals surface area contributed by atoms with Gasteiger partial charge in [0.1, 0.15) is 5.82 Å². The van der Waals surface area contributed by atoms with Gasteiger partial charge in [-0.25, -0.2) is 4.98 Å². The van der Waals surface area contributed by atoms with Crippen LogP contribution in [0.5, 0.6) is 0 Å². The minimum atomic E-state index is 1.06. The highest BCUT2D eigenvalue weighted by atomic mass is 79.9. The Morgan fingerprint density at radius 1 is 1.24 bits per heavy atom. The van der Waals surface area contributed by atoms with Gasteiger partial charge in [0.2, 0.25) is 0 Å². The van der Waals surface area contributed by atoms with Crippen LogP contribution >= 0.6 is 31.9 Å². The molecule has 2 rings (SSSR count). The summed E-state index contributed by atoms with van der Waals surface area (Å²) in [5, 5.41) is 1.06. The first-order chi connectivity index (χ1) is 8.20. The quantitative estimate of drug-likeness (QED) is 0.770. The summed E-state index contributed by atoms with van der Waals surface area (Å²) in [6, 6.07) is 4.18. The van der Waals surface area contributed by atoms with Crippen molar-refractivity contribution in [3.8, 4) is 0 Å². The summed E-state index contributed by atoms with van der Waals surface area (Å²) in [4.78, 5) is 9.47. The van der Waals surface area contributed by atoms with E-state index in [0.717, 1.165) is 54.0 Å². The van der Waals surface area contributed by atoms with Crippen molar-refractivity contribution in [3.63, 3.8) is 0 Å². The number of rotatable bonds is 3. The molecular formula is C12H17Br2N3. The van der Waals surface area contributed by atoms with Crippen LogP contribution in [0.15, 0.2) is 16.6 Å². The zero-order valence-corrected chi connectivity index (χ0v) is 13.2. The van der Waals surface area contributed by atoms with E-state index < -0.39 is 0 Å². The Morgan fingerprint density at radius 2 is 1.94 bits per heavy atom. The lowest BCUT2D eigenvalue weighted by Gasteiger charge is -2.35. The van der Waals surface area contributed by atoms with Crippen LogP contribution in [0, 0.1) is 6.92 Å². The lowest BCUT2D eigenvalue weighted by atomic mass is 10.3. The van der Waals surface area contributed by atoms with Gasteiger partial charge in [-0.3, -0.25) is 4.90 Å². The average molecular weight is 363 g/mol. The maximum Gasteiger partial charge on any atom is 0.128 e. The van der Waals surface area contributed by atoms with Crippen molar-refractivity contribution >= 4 is 37.7 Å². The van der Waals surface area contributed by atoms with Gasteiger partial charge in [-0.2, -0.15) is 0 Å². The Labute approximate surface area is 119 Å². The van der Waals surface area contributed by atoms with Gasteiger partial charge in [0.15, 0.2) is 0 Å². The number of aryl methyl sites for hydroxylation is 1. The molecular weight excluding hydrogens is 346 g/mol. The summed E-state index contributed by atoms with van der Waals surface area (Å²) < 4.78 is 1.08. The number of alkyl halides is 1. The Morgan fingerprint density at radius 3 is 2.53 bits per heavy atom. The molecule has 0 saturated carbocycles. The molecule has 0 N–H and O–H groups in total. The summed E-state index contributed by atoms with van der Waals surface area (Å²) in [6.07, 6.45) is 0. The Kier molecular flexibility index (Phi) is 4.82. The van der Waals surface area contributed by atoms with Crippen LogP contribution in [-0.4, -0.2) is 47.9 Å². The molecule has 0 amide bonds. The van der Waals surface area contributed by atoms with Gasteiger partial charge >= 0.3 is 0 Å². The first kappa shape index (κ1) is 13.3. The Bertz CT molecular complexity index is 376. The van der Waals surface area contributed by atoms with Crippen molar-refractivity contribution < 1.29 is 0 Å². The molecule has 5 heteroatoms. The van der Waals surface area contributed by atoms with E-state index in [1.54, 1.807) is 0 Å². The third kappa shape index (κ3) is 3.42. The zero-order chi connectivity index (χ0) is 12.3. The van der Waals surface area contributed by atoms with Crippen LogP contribution in [0.2, 0.25) is 0 Å². The monoisotopic (exact) mass is 361 g/mol. The number of nitrogens with zero attached hydrogens (tertiary/aromatic N) is 3. The van der Waals surface area contributed by atoms with E-state index in [-0.39, 0.29) is 0 Å². The number of piperazine rings is 1. The zero-order valence-electron chi connectivity index (χ0n) is 9.99. The van der Waals surface area contributed by atoms with Crippen LogP contribution in [0.4, 0.5) is 5.82 Å². The highest BCUT2D eigenvalue weighted by Gasteiger charge is 2.17. The van der Waals surface area contributed by atoms with Gasteiger partial charge in [-0.05, 0) is 35.0 Å². The fourth-order valence-electron chi connectivity index (χ4n) is 2.03. The molecule has 0 aliphatic carbocycles. The average Bonchev–Trinajstić information content (AvgIpc) is 2.34. The third-order valence-electron chi connectivity index (χ3n) is 3.10. The minimum Gasteiger partial charge on any atom is -0.354 e. The van der Waals surface area contributed by atoms with Crippen LogP contribution in [0.25, 0.3) is 0 Å². The summed E-state index contributed by atoms with van der Waals surface area (Å²) in [7, 11) is 0. The SMILES string of the molecule is Cc1nc(N2CCN(CCBr)CC2)ccc1Br. The van der Waals surface area contributed by atoms with E-state index in [4.69, 9.17) is 0 Å². The van der Waals surface area contributed by atoms with Gasteiger partial charge < -0.3 is 4.90 Å². The number of anilines is 1. The molecule has 17 heavy (non-hydrogen) atoms. The van der Waals surface area contributed by atoms with Gasteiger partial charge in [0, 0.05) is 42.5 Å². The predicted molar refractivity (Wildman–Crippen MR) is 79.1 cm³/mol. The van der Waals surface area contributed by atoms with Crippen molar-refractivity contribution in [3.05, 3.63) is 22.3 Å². The molecule has 0 radical (unpaired) electrons. The van der Waals surface area contributed by atoms with Crippen LogP contribution in [-0.2, 0) is 0 Å². The Balaban J connectivity index is 1.98. The number of hydrogen-bond acceptors (Lipinski definition) is 3. The van der Waals surface area contributed by atoms with Crippen LogP contribution in [0.1, 0.15) is 5.69 Å². The highest BCUT2D eigenvalue weighted by molar-refractivity contribution is 9.10. The van der Waals surface area contributed by atoms with Crippen molar-refractivity contribution in [2.45, 2.75) is 6.92 Å². The molecule has 1 aliphatic rings. The molecule has 94 valence electrons. The minimum absolute atomic E-state index is 1.06. The first-order valence-corrected chi connectivity index (χ1v) is 7.78. The predicted octanol–water partition coefficient (Wildman–Crippen LogP) is 2.67. The molecule has 1 fully saturated rings. The second-order valence-corrected chi connectivity index (χ2v) is 5.90. The normalized spacial score (nSPS) is 17.5. The number of aromatic nitrogens is 1. The maximum atomic E-state index is 4.62. The summed E-state index contributed by atoms with van der Waals surface area (Å²) >= 11 is 6.98. The number of pyridine rings is 1. The molecule has 0 bridgehead atoms. The second-order valence-electron chi connectivity index (χ2n) is 4.25. The van der Waals surface area contributed by atoms with Crippen molar-refractivity contribution in [1.82, 2.24) is 9.88 Å². The smallest absolute Gasteiger partial charge is 0.128 e. The fraction of sp³-hybridized carbons (Fsp3) is 0.583. The molecule has 1 saturated heterocycles. The van der Waals surface area contributed by atoms with E-state index in [0.29, 0.717) is 0 Å². The molecule has 1 aliphatic heterocycles. The summed E-state index contributed by atoms with van der Waals surface area (Å²) in [5.41, 5.74) is 1.06. The van der Waals surface area contributed by atoms with E-state index >= 15 is 0 Å².